The molecule has 4 N–H and O–H groups in total. The number of nitrogens with two attached hydrogens (primary N) is 2. The number of nitrogens with zero attached hydrogens (tertiary/aromatic N) is 1. The maximum Gasteiger partial charge on any atom is 0.226 e. The zero-order valence-corrected chi connectivity index (χ0v) is 11.8. The highest BCUT2D eigenvalue weighted by molar-refractivity contribution is 5.79. The van der Waals surface area contributed by atoms with Gasteiger partial charge >= 0.3 is 0 Å². The van der Waals surface area contributed by atoms with E-state index in [-0.39, 0.29) is 5.92 Å². The second-order valence-electron chi connectivity index (χ2n) is 6.80. The van der Waals surface area contributed by atoms with Gasteiger partial charge in [0.1, 0.15) is 0 Å². The van der Waals surface area contributed by atoms with Gasteiger partial charge in [-0.2, -0.15) is 0 Å². The van der Waals surface area contributed by atoms with Crippen LogP contribution in [0.4, 0.5) is 0 Å². The average Bonchev–Trinajstić information content (AvgIpc) is 3.04. The van der Waals surface area contributed by atoms with Gasteiger partial charge in [-0.05, 0) is 50.0 Å². The fourth-order valence-electron chi connectivity index (χ4n) is 4.58. The van der Waals surface area contributed by atoms with Crippen molar-refractivity contribution in [3.05, 3.63) is 0 Å². The quantitative estimate of drug-likeness (QED) is 0.780. The van der Waals surface area contributed by atoms with Crippen LogP contribution in [0.2, 0.25) is 0 Å². The number of carbonyl (C=O) groups is 1. The summed E-state index contributed by atoms with van der Waals surface area (Å²) in [5, 5.41) is 0. The fraction of sp³-hybridized carbons (Fsp3) is 0.933. The Morgan fingerprint density at radius 3 is 2.63 bits per heavy atom. The van der Waals surface area contributed by atoms with Crippen LogP contribution in [-0.4, -0.2) is 36.5 Å². The molecule has 3 rings (SSSR count). The van der Waals surface area contributed by atoms with E-state index in [1.165, 1.54) is 19.3 Å². The molecular weight excluding hydrogens is 238 g/mol. The Balaban J connectivity index is 1.65. The molecule has 0 spiro atoms. The Morgan fingerprint density at radius 2 is 1.89 bits per heavy atom. The molecule has 3 aliphatic rings. The van der Waals surface area contributed by atoms with Crippen LogP contribution in [-0.2, 0) is 4.79 Å². The number of hydrogen-bond donors (Lipinski definition) is 2. The minimum absolute atomic E-state index is 0.196. The standard InChI is InChI=1S/C15H27N3O/c16-7-10-3-1-5-12(10)15(19)18-8-11-4-2-6-14(17)13(11)9-18/h10-14H,1-9,16-17H2/t10-,11?,12-,13?,14?/m1/s1. The molecule has 19 heavy (non-hydrogen) atoms. The molecule has 0 aromatic heterocycles. The highest BCUT2D eigenvalue weighted by Crippen LogP contribution is 2.38. The van der Waals surface area contributed by atoms with Crippen LogP contribution < -0.4 is 11.5 Å². The summed E-state index contributed by atoms with van der Waals surface area (Å²) in [7, 11) is 0. The molecule has 108 valence electrons. The van der Waals surface area contributed by atoms with Crippen LogP contribution >= 0.6 is 0 Å². The van der Waals surface area contributed by atoms with Crippen LogP contribution in [0.3, 0.4) is 0 Å². The summed E-state index contributed by atoms with van der Waals surface area (Å²) >= 11 is 0. The number of fused-ring (bicyclic) bond motifs is 1. The van der Waals surface area contributed by atoms with Gasteiger partial charge in [0.15, 0.2) is 0 Å². The van der Waals surface area contributed by atoms with E-state index in [4.69, 9.17) is 11.5 Å². The van der Waals surface area contributed by atoms with Crippen molar-refractivity contribution in [2.24, 2.45) is 35.1 Å². The van der Waals surface area contributed by atoms with E-state index in [2.05, 4.69) is 4.90 Å². The predicted molar refractivity (Wildman–Crippen MR) is 75.3 cm³/mol. The lowest BCUT2D eigenvalue weighted by Gasteiger charge is -2.29. The Kier molecular flexibility index (Phi) is 3.81. The smallest absolute Gasteiger partial charge is 0.226 e. The summed E-state index contributed by atoms with van der Waals surface area (Å²) in [4.78, 5) is 14.8. The third-order valence-corrected chi connectivity index (χ3v) is 5.74. The molecular formula is C15H27N3O. The zero-order chi connectivity index (χ0) is 13.4. The Labute approximate surface area is 115 Å². The van der Waals surface area contributed by atoms with Gasteiger partial charge < -0.3 is 16.4 Å². The van der Waals surface area contributed by atoms with E-state index in [1.54, 1.807) is 0 Å². The Hall–Kier alpha value is -0.610. The number of hydrogen-bond acceptors (Lipinski definition) is 3. The number of likely N-dealkylation sites (tertiary alicyclic amines) is 1. The summed E-state index contributed by atoms with van der Waals surface area (Å²) in [6.07, 6.45) is 6.97. The maximum absolute atomic E-state index is 12.7. The average molecular weight is 265 g/mol. The number of amides is 1. The van der Waals surface area contributed by atoms with Crippen molar-refractivity contribution in [2.75, 3.05) is 19.6 Å². The molecule has 1 aliphatic heterocycles. The molecule has 2 aliphatic carbocycles. The van der Waals surface area contributed by atoms with E-state index < -0.39 is 0 Å². The summed E-state index contributed by atoms with van der Waals surface area (Å²) < 4.78 is 0. The van der Waals surface area contributed by atoms with E-state index in [0.29, 0.717) is 36.2 Å². The molecule has 0 radical (unpaired) electrons. The Bertz CT molecular complexity index is 346. The Morgan fingerprint density at radius 1 is 1.11 bits per heavy atom. The van der Waals surface area contributed by atoms with Crippen molar-refractivity contribution in [1.82, 2.24) is 4.90 Å². The molecule has 2 saturated carbocycles. The van der Waals surface area contributed by atoms with E-state index in [0.717, 1.165) is 32.4 Å². The molecule has 4 heteroatoms. The van der Waals surface area contributed by atoms with E-state index in [9.17, 15) is 4.79 Å². The SMILES string of the molecule is NC[C@H]1CCC[C@H]1C(=O)N1CC2CCCC(N)C2C1. The summed E-state index contributed by atoms with van der Waals surface area (Å²) in [5.41, 5.74) is 12.0. The lowest BCUT2D eigenvalue weighted by atomic mass is 9.78. The minimum Gasteiger partial charge on any atom is -0.342 e. The molecule has 3 fully saturated rings. The largest absolute Gasteiger partial charge is 0.342 e. The molecule has 1 heterocycles. The van der Waals surface area contributed by atoms with E-state index in [1.807, 2.05) is 0 Å². The van der Waals surface area contributed by atoms with Gasteiger partial charge in [-0.15, -0.1) is 0 Å². The molecule has 3 unspecified atom stereocenters. The van der Waals surface area contributed by atoms with Crippen molar-refractivity contribution >= 4 is 5.91 Å². The number of rotatable bonds is 2. The van der Waals surface area contributed by atoms with Gasteiger partial charge in [0.05, 0.1) is 0 Å². The highest BCUT2D eigenvalue weighted by atomic mass is 16.2. The second kappa shape index (κ2) is 5.41. The first-order valence-corrected chi connectivity index (χ1v) is 7.95. The minimum atomic E-state index is 0.196. The monoisotopic (exact) mass is 265 g/mol. The zero-order valence-electron chi connectivity index (χ0n) is 11.8. The van der Waals surface area contributed by atoms with Crippen molar-refractivity contribution in [3.8, 4) is 0 Å². The summed E-state index contributed by atoms with van der Waals surface area (Å²) in [5.74, 6) is 2.19. The van der Waals surface area contributed by atoms with Gasteiger partial charge in [-0.3, -0.25) is 4.79 Å². The van der Waals surface area contributed by atoms with Crippen LogP contribution in [0.15, 0.2) is 0 Å². The third-order valence-electron chi connectivity index (χ3n) is 5.74. The molecule has 0 bridgehead atoms. The summed E-state index contributed by atoms with van der Waals surface area (Å²) in [6.45, 7) is 2.51. The van der Waals surface area contributed by atoms with Crippen molar-refractivity contribution in [3.63, 3.8) is 0 Å². The third kappa shape index (κ3) is 2.40. The van der Waals surface area contributed by atoms with E-state index >= 15 is 0 Å². The van der Waals surface area contributed by atoms with Crippen molar-refractivity contribution in [2.45, 2.75) is 44.6 Å². The summed E-state index contributed by atoms with van der Waals surface area (Å²) in [6, 6.07) is 0.311. The topological polar surface area (TPSA) is 72.4 Å². The lowest BCUT2D eigenvalue weighted by molar-refractivity contribution is -0.135. The molecule has 1 saturated heterocycles. The molecule has 0 aromatic rings. The first-order chi connectivity index (χ1) is 9.20. The number of carbonyl (C=O) groups excluding carboxylic acids is 1. The van der Waals surface area contributed by atoms with Gasteiger partial charge in [-0.25, -0.2) is 0 Å². The molecule has 4 nitrogen and oxygen atoms in total. The first kappa shape index (κ1) is 13.4. The second-order valence-corrected chi connectivity index (χ2v) is 6.80. The normalized spacial score (nSPS) is 42.4. The van der Waals surface area contributed by atoms with Crippen LogP contribution in [0.5, 0.6) is 0 Å². The van der Waals surface area contributed by atoms with Crippen LogP contribution in [0.1, 0.15) is 38.5 Å². The van der Waals surface area contributed by atoms with Gasteiger partial charge in [-0.1, -0.05) is 12.8 Å². The maximum atomic E-state index is 12.7. The van der Waals surface area contributed by atoms with Gasteiger partial charge in [0.2, 0.25) is 5.91 Å². The first-order valence-electron chi connectivity index (χ1n) is 7.95. The highest BCUT2D eigenvalue weighted by Gasteiger charge is 2.43. The molecule has 5 atom stereocenters. The molecule has 0 aromatic carbocycles. The van der Waals surface area contributed by atoms with Crippen molar-refractivity contribution in [1.29, 1.82) is 0 Å². The van der Waals surface area contributed by atoms with Gasteiger partial charge in [0, 0.05) is 25.0 Å². The van der Waals surface area contributed by atoms with Gasteiger partial charge in [0.25, 0.3) is 0 Å². The fourth-order valence-corrected chi connectivity index (χ4v) is 4.58. The molecule has 1 amide bonds. The van der Waals surface area contributed by atoms with Crippen LogP contribution in [0.25, 0.3) is 0 Å². The predicted octanol–water partition coefficient (Wildman–Crippen LogP) is 0.947. The van der Waals surface area contributed by atoms with Crippen LogP contribution in [0, 0.1) is 23.7 Å². The lowest BCUT2D eigenvalue weighted by Crippen LogP contribution is -2.40. The van der Waals surface area contributed by atoms with Crippen molar-refractivity contribution < 1.29 is 4.79 Å².